The minimum atomic E-state index is -0.442. The van der Waals surface area contributed by atoms with E-state index < -0.39 is 5.97 Å². The highest BCUT2D eigenvalue weighted by atomic mass is 32.2. The van der Waals surface area contributed by atoms with Crippen LogP contribution in [0.5, 0.6) is 11.5 Å². The number of esters is 1. The summed E-state index contributed by atoms with van der Waals surface area (Å²) in [5.41, 5.74) is 1.29. The molecule has 136 valence electrons. The fourth-order valence-corrected chi connectivity index (χ4v) is 3.97. The summed E-state index contributed by atoms with van der Waals surface area (Å²) in [6.07, 6.45) is 0. The van der Waals surface area contributed by atoms with Gasteiger partial charge in [-0.15, -0.1) is 11.8 Å². The smallest absolute Gasteiger partial charge is 0.308 e. The number of carbonyl (C=O) groups is 2. The Hall–Kier alpha value is -2.54. The Bertz CT molecular complexity index is 842. The van der Waals surface area contributed by atoms with E-state index in [0.29, 0.717) is 22.8 Å². The van der Waals surface area contributed by atoms with Crippen LogP contribution < -0.4 is 9.47 Å². The van der Waals surface area contributed by atoms with E-state index in [1.807, 2.05) is 0 Å². The molecule has 1 unspecified atom stereocenters. The number of rotatable bonds is 5. The van der Waals surface area contributed by atoms with Crippen molar-refractivity contribution in [3.63, 3.8) is 0 Å². The SMILES string of the molecule is COc1cc(C2SCC(=O)N2Cc2ccccc2F)ccc1OC(C)=O. The van der Waals surface area contributed by atoms with Crippen molar-refractivity contribution in [1.29, 1.82) is 0 Å². The Morgan fingerprint density at radius 1 is 1.27 bits per heavy atom. The van der Waals surface area contributed by atoms with E-state index in [-0.39, 0.29) is 23.6 Å². The fourth-order valence-electron chi connectivity index (χ4n) is 2.79. The number of carbonyl (C=O) groups excluding carboxylic acids is 2. The lowest BCUT2D eigenvalue weighted by Gasteiger charge is -2.25. The molecule has 0 saturated carbocycles. The van der Waals surface area contributed by atoms with Gasteiger partial charge in [0.25, 0.3) is 0 Å². The van der Waals surface area contributed by atoms with E-state index in [9.17, 15) is 14.0 Å². The first-order valence-corrected chi connectivity index (χ1v) is 9.05. The van der Waals surface area contributed by atoms with Crippen molar-refractivity contribution in [3.8, 4) is 11.5 Å². The van der Waals surface area contributed by atoms with Crippen LogP contribution in [0.3, 0.4) is 0 Å². The predicted molar refractivity (Wildman–Crippen MR) is 96.5 cm³/mol. The van der Waals surface area contributed by atoms with Gasteiger partial charge >= 0.3 is 5.97 Å². The number of halogens is 1. The Balaban J connectivity index is 1.88. The quantitative estimate of drug-likeness (QED) is 0.591. The summed E-state index contributed by atoms with van der Waals surface area (Å²) in [6.45, 7) is 1.51. The highest BCUT2D eigenvalue weighted by Crippen LogP contribution is 2.42. The molecule has 26 heavy (non-hydrogen) atoms. The Morgan fingerprint density at radius 2 is 2.04 bits per heavy atom. The van der Waals surface area contributed by atoms with Gasteiger partial charge in [-0.05, 0) is 23.8 Å². The number of hydrogen-bond donors (Lipinski definition) is 0. The van der Waals surface area contributed by atoms with Crippen molar-refractivity contribution >= 4 is 23.6 Å². The summed E-state index contributed by atoms with van der Waals surface area (Å²) in [4.78, 5) is 25.1. The predicted octanol–water partition coefficient (Wildman–Crippen LogP) is 3.53. The van der Waals surface area contributed by atoms with Crippen molar-refractivity contribution in [2.24, 2.45) is 0 Å². The summed E-state index contributed by atoms with van der Waals surface area (Å²) in [6, 6.07) is 11.6. The molecule has 1 aliphatic rings. The third kappa shape index (κ3) is 3.83. The largest absolute Gasteiger partial charge is 0.493 e. The topological polar surface area (TPSA) is 55.8 Å². The number of ether oxygens (including phenoxy) is 2. The van der Waals surface area contributed by atoms with Crippen LogP contribution in [-0.2, 0) is 16.1 Å². The van der Waals surface area contributed by atoms with Crippen molar-refractivity contribution in [1.82, 2.24) is 4.90 Å². The second-order valence-corrected chi connectivity index (χ2v) is 6.85. The van der Waals surface area contributed by atoms with E-state index in [0.717, 1.165) is 5.56 Å². The van der Waals surface area contributed by atoms with E-state index >= 15 is 0 Å². The van der Waals surface area contributed by atoms with E-state index in [2.05, 4.69) is 0 Å². The molecular weight excluding hydrogens is 357 g/mol. The van der Waals surface area contributed by atoms with Crippen LogP contribution in [-0.4, -0.2) is 29.6 Å². The average molecular weight is 375 g/mol. The van der Waals surface area contributed by atoms with Crippen molar-refractivity contribution in [2.75, 3.05) is 12.9 Å². The molecule has 7 heteroatoms. The van der Waals surface area contributed by atoms with Gasteiger partial charge in [0, 0.05) is 19.0 Å². The minimum Gasteiger partial charge on any atom is -0.493 e. The second kappa shape index (κ2) is 7.78. The monoisotopic (exact) mass is 375 g/mol. The van der Waals surface area contributed by atoms with Gasteiger partial charge < -0.3 is 14.4 Å². The summed E-state index contributed by atoms with van der Waals surface area (Å²) in [5.74, 6) is 0.225. The maximum absolute atomic E-state index is 14.0. The highest BCUT2D eigenvalue weighted by molar-refractivity contribution is 8.00. The van der Waals surface area contributed by atoms with Gasteiger partial charge in [0.05, 0.1) is 12.9 Å². The van der Waals surface area contributed by atoms with E-state index in [1.165, 1.54) is 31.9 Å². The maximum Gasteiger partial charge on any atom is 0.308 e. The van der Waals surface area contributed by atoms with Crippen LogP contribution in [0.1, 0.15) is 23.4 Å². The molecule has 1 aliphatic heterocycles. The first-order valence-electron chi connectivity index (χ1n) is 8.00. The molecule has 0 aliphatic carbocycles. The first kappa shape index (κ1) is 18.3. The minimum absolute atomic E-state index is 0.0497. The van der Waals surface area contributed by atoms with Gasteiger partial charge in [-0.3, -0.25) is 9.59 Å². The molecule has 0 aromatic heterocycles. The van der Waals surface area contributed by atoms with Gasteiger partial charge in [0.1, 0.15) is 11.2 Å². The zero-order valence-electron chi connectivity index (χ0n) is 14.4. The molecule has 5 nitrogen and oxygen atoms in total. The van der Waals surface area contributed by atoms with Gasteiger partial charge in [-0.1, -0.05) is 24.3 Å². The van der Waals surface area contributed by atoms with Crippen LogP contribution in [0.25, 0.3) is 0 Å². The third-order valence-corrected chi connectivity index (χ3v) is 5.25. The standard InChI is InChI=1S/C19H18FNO4S/c1-12(22)25-16-8-7-13(9-17(16)24-2)19-21(18(23)11-26-19)10-14-5-3-4-6-15(14)20/h3-9,19H,10-11H2,1-2H3. The molecule has 1 amide bonds. The lowest BCUT2D eigenvalue weighted by Crippen LogP contribution is -2.28. The molecule has 1 saturated heterocycles. The molecule has 1 heterocycles. The van der Waals surface area contributed by atoms with E-state index in [1.54, 1.807) is 41.3 Å². The normalized spacial score (nSPS) is 16.7. The summed E-state index contributed by atoms with van der Waals surface area (Å²) in [7, 11) is 1.48. The molecule has 1 fully saturated rings. The third-order valence-electron chi connectivity index (χ3n) is 3.99. The molecule has 3 rings (SSSR count). The Morgan fingerprint density at radius 3 is 2.73 bits per heavy atom. The number of benzene rings is 2. The van der Waals surface area contributed by atoms with Gasteiger partial charge in [0.15, 0.2) is 11.5 Å². The van der Waals surface area contributed by atoms with Crippen LogP contribution in [0.2, 0.25) is 0 Å². The summed E-state index contributed by atoms with van der Waals surface area (Å²) >= 11 is 1.47. The summed E-state index contributed by atoms with van der Waals surface area (Å²) < 4.78 is 24.4. The maximum atomic E-state index is 14.0. The number of hydrogen-bond acceptors (Lipinski definition) is 5. The lowest BCUT2D eigenvalue weighted by molar-refractivity contribution is -0.132. The molecule has 0 bridgehead atoms. The van der Waals surface area contributed by atoms with Crippen LogP contribution in [0.15, 0.2) is 42.5 Å². The highest BCUT2D eigenvalue weighted by Gasteiger charge is 2.33. The van der Waals surface area contributed by atoms with Crippen molar-refractivity contribution in [2.45, 2.75) is 18.8 Å². The van der Waals surface area contributed by atoms with Gasteiger partial charge in [-0.25, -0.2) is 4.39 Å². The van der Waals surface area contributed by atoms with Gasteiger partial charge in [-0.2, -0.15) is 0 Å². The molecule has 2 aromatic carbocycles. The fraction of sp³-hybridized carbons (Fsp3) is 0.263. The van der Waals surface area contributed by atoms with Gasteiger partial charge in [0.2, 0.25) is 5.91 Å². The van der Waals surface area contributed by atoms with Crippen LogP contribution >= 0.6 is 11.8 Å². The Kier molecular flexibility index (Phi) is 5.46. The molecule has 0 radical (unpaired) electrons. The average Bonchev–Trinajstić information content (AvgIpc) is 2.97. The number of methoxy groups -OCH3 is 1. The number of amides is 1. The number of nitrogens with zero attached hydrogens (tertiary/aromatic N) is 1. The first-order chi connectivity index (χ1) is 12.5. The zero-order chi connectivity index (χ0) is 18.7. The second-order valence-electron chi connectivity index (χ2n) is 5.78. The molecule has 0 N–H and O–H groups in total. The van der Waals surface area contributed by atoms with Crippen LogP contribution in [0.4, 0.5) is 4.39 Å². The molecule has 2 aromatic rings. The molecule has 1 atom stereocenters. The van der Waals surface area contributed by atoms with Crippen molar-refractivity contribution in [3.05, 3.63) is 59.4 Å². The zero-order valence-corrected chi connectivity index (χ0v) is 15.2. The molecular formula is C19H18FNO4S. The van der Waals surface area contributed by atoms with Crippen LogP contribution in [0, 0.1) is 5.82 Å². The Labute approximate surface area is 155 Å². The summed E-state index contributed by atoms with van der Waals surface area (Å²) in [5, 5.41) is -0.262. The molecule has 0 spiro atoms. The number of thioether (sulfide) groups is 1. The lowest BCUT2D eigenvalue weighted by atomic mass is 10.1. The van der Waals surface area contributed by atoms with Crippen molar-refractivity contribution < 1.29 is 23.5 Å². The van der Waals surface area contributed by atoms with E-state index in [4.69, 9.17) is 9.47 Å².